The lowest BCUT2D eigenvalue weighted by Crippen LogP contribution is -2.48. The minimum atomic E-state index is -0.213. The van der Waals surface area contributed by atoms with Gasteiger partial charge < -0.3 is 9.88 Å². The Labute approximate surface area is 155 Å². The number of piperazine rings is 1. The number of aromatic nitrogens is 2. The van der Waals surface area contributed by atoms with E-state index < -0.39 is 0 Å². The zero-order chi connectivity index (χ0) is 17.9. The number of hydrogen-bond acceptors (Lipinski definition) is 4. The molecule has 0 atom stereocenters. The van der Waals surface area contributed by atoms with Crippen molar-refractivity contribution >= 4 is 28.1 Å². The third-order valence-electron chi connectivity index (χ3n) is 4.92. The number of benzene rings is 1. The zero-order valence-corrected chi connectivity index (χ0v) is 15.3. The highest BCUT2D eigenvalue weighted by atomic mass is 32.1. The summed E-state index contributed by atoms with van der Waals surface area (Å²) in [5.74, 6) is 0.00178. The summed E-state index contributed by atoms with van der Waals surface area (Å²) in [6.45, 7) is 3.95. The summed E-state index contributed by atoms with van der Waals surface area (Å²) in [5.41, 5.74) is 3.86. The molecule has 1 aliphatic heterocycles. The lowest BCUT2D eigenvalue weighted by molar-refractivity contribution is -0.132. The van der Waals surface area contributed by atoms with E-state index in [1.165, 1.54) is 6.07 Å². The Kier molecular flexibility index (Phi) is 4.99. The van der Waals surface area contributed by atoms with E-state index >= 15 is 0 Å². The molecule has 7 heteroatoms. The van der Waals surface area contributed by atoms with E-state index in [2.05, 4.69) is 14.9 Å². The summed E-state index contributed by atoms with van der Waals surface area (Å²) in [5, 5.41) is 0.938. The molecule has 1 aromatic carbocycles. The Balaban J connectivity index is 1.30. The number of aromatic amines is 1. The second kappa shape index (κ2) is 7.55. The minimum absolute atomic E-state index is 0.213. The number of aryl methyl sites for hydroxylation is 1. The van der Waals surface area contributed by atoms with Crippen LogP contribution in [0.5, 0.6) is 0 Å². The van der Waals surface area contributed by atoms with Crippen molar-refractivity contribution < 1.29 is 9.18 Å². The van der Waals surface area contributed by atoms with Gasteiger partial charge in [-0.05, 0) is 30.2 Å². The normalized spacial score (nSPS) is 15.7. The van der Waals surface area contributed by atoms with Gasteiger partial charge >= 0.3 is 0 Å². The van der Waals surface area contributed by atoms with Crippen molar-refractivity contribution in [1.29, 1.82) is 0 Å². The van der Waals surface area contributed by atoms with Crippen molar-refractivity contribution in [1.82, 2.24) is 19.8 Å². The van der Waals surface area contributed by atoms with Crippen LogP contribution in [0, 0.1) is 5.82 Å². The quantitative estimate of drug-likeness (QED) is 0.749. The van der Waals surface area contributed by atoms with E-state index in [-0.39, 0.29) is 11.7 Å². The first-order valence-corrected chi connectivity index (χ1v) is 9.70. The van der Waals surface area contributed by atoms with Gasteiger partial charge in [-0.1, -0.05) is 0 Å². The number of carbonyl (C=O) groups is 1. The molecule has 0 bridgehead atoms. The van der Waals surface area contributed by atoms with Crippen molar-refractivity contribution in [3.63, 3.8) is 0 Å². The third-order valence-corrected chi connectivity index (χ3v) is 5.76. The summed E-state index contributed by atoms with van der Waals surface area (Å²) < 4.78 is 13.5. The average Bonchev–Trinajstić information content (AvgIpc) is 3.30. The van der Waals surface area contributed by atoms with Crippen LogP contribution in [-0.4, -0.2) is 51.9 Å². The molecule has 1 N–H and O–H groups in total. The number of amides is 1. The number of carbonyl (C=O) groups excluding carboxylic acids is 1. The predicted octanol–water partition coefficient (Wildman–Crippen LogP) is 3.04. The molecular weight excluding hydrogens is 351 g/mol. The standard InChI is InChI=1S/C19H21FN4OS/c20-15-1-3-18-17(9-15)14(10-22-18)12-23-5-7-24(8-6-23)19(25)4-2-16-11-21-13-26-16/h1,3,9-11,13,22H,2,4-8,12H2. The monoisotopic (exact) mass is 372 g/mol. The predicted molar refractivity (Wildman–Crippen MR) is 101 cm³/mol. The first-order valence-electron chi connectivity index (χ1n) is 8.82. The van der Waals surface area contributed by atoms with E-state index in [0.29, 0.717) is 6.42 Å². The van der Waals surface area contributed by atoms with Crippen molar-refractivity contribution in [2.24, 2.45) is 0 Å². The number of rotatable bonds is 5. The molecule has 3 heterocycles. The Bertz CT molecular complexity index is 884. The van der Waals surface area contributed by atoms with Crippen LogP contribution in [0.3, 0.4) is 0 Å². The van der Waals surface area contributed by atoms with Gasteiger partial charge in [-0.25, -0.2) is 4.39 Å². The maximum absolute atomic E-state index is 13.5. The second-order valence-corrected chi connectivity index (χ2v) is 7.60. The summed E-state index contributed by atoms with van der Waals surface area (Å²) in [7, 11) is 0. The summed E-state index contributed by atoms with van der Waals surface area (Å²) in [6, 6.07) is 4.83. The van der Waals surface area contributed by atoms with Gasteiger partial charge in [-0.15, -0.1) is 11.3 Å². The van der Waals surface area contributed by atoms with Crippen LogP contribution >= 0.6 is 11.3 Å². The van der Waals surface area contributed by atoms with Crippen LogP contribution in [0.1, 0.15) is 16.9 Å². The molecule has 2 aromatic heterocycles. The second-order valence-electron chi connectivity index (χ2n) is 6.63. The number of nitrogens with one attached hydrogen (secondary N) is 1. The maximum atomic E-state index is 13.5. The fourth-order valence-corrected chi connectivity index (χ4v) is 4.03. The molecule has 1 saturated heterocycles. The Morgan fingerprint density at radius 2 is 2.12 bits per heavy atom. The van der Waals surface area contributed by atoms with Crippen LogP contribution in [0.25, 0.3) is 10.9 Å². The largest absolute Gasteiger partial charge is 0.361 e. The number of H-pyrrole nitrogens is 1. The van der Waals surface area contributed by atoms with Crippen LogP contribution in [0.15, 0.2) is 36.1 Å². The van der Waals surface area contributed by atoms with Crippen molar-refractivity contribution in [3.05, 3.63) is 52.4 Å². The number of halogens is 1. The topological polar surface area (TPSA) is 52.2 Å². The van der Waals surface area contributed by atoms with Gasteiger partial charge in [0.2, 0.25) is 5.91 Å². The number of nitrogens with zero attached hydrogens (tertiary/aromatic N) is 3. The zero-order valence-electron chi connectivity index (χ0n) is 14.4. The Hall–Kier alpha value is -2.25. The molecule has 1 aliphatic rings. The molecule has 0 saturated carbocycles. The first kappa shape index (κ1) is 17.2. The molecule has 0 aliphatic carbocycles. The van der Waals surface area contributed by atoms with Gasteiger partial charge in [0.25, 0.3) is 0 Å². The first-order chi connectivity index (χ1) is 12.7. The molecule has 0 unspecified atom stereocenters. The molecule has 4 rings (SSSR count). The van der Waals surface area contributed by atoms with Crippen LogP contribution in [0.2, 0.25) is 0 Å². The SMILES string of the molecule is O=C(CCc1cncs1)N1CCN(Cc2c[nH]c3ccc(F)cc23)CC1. The smallest absolute Gasteiger partial charge is 0.223 e. The summed E-state index contributed by atoms with van der Waals surface area (Å²) in [4.78, 5) is 25.0. The number of fused-ring (bicyclic) bond motifs is 1. The molecule has 5 nitrogen and oxygen atoms in total. The fraction of sp³-hybridized carbons (Fsp3) is 0.368. The van der Waals surface area contributed by atoms with Crippen molar-refractivity contribution in [2.75, 3.05) is 26.2 Å². The molecule has 26 heavy (non-hydrogen) atoms. The van der Waals surface area contributed by atoms with Crippen molar-refractivity contribution in [2.45, 2.75) is 19.4 Å². The van der Waals surface area contributed by atoms with E-state index in [0.717, 1.165) is 60.5 Å². The van der Waals surface area contributed by atoms with Gasteiger partial charge in [-0.3, -0.25) is 14.7 Å². The van der Waals surface area contributed by atoms with E-state index in [9.17, 15) is 9.18 Å². The molecule has 3 aromatic rings. The van der Waals surface area contributed by atoms with E-state index in [1.807, 2.05) is 17.3 Å². The molecule has 136 valence electrons. The van der Waals surface area contributed by atoms with Gasteiger partial charge in [0.1, 0.15) is 5.82 Å². The molecular formula is C19H21FN4OS. The maximum Gasteiger partial charge on any atom is 0.223 e. The minimum Gasteiger partial charge on any atom is -0.361 e. The summed E-state index contributed by atoms with van der Waals surface area (Å²) >= 11 is 1.60. The lowest BCUT2D eigenvalue weighted by atomic mass is 10.1. The Morgan fingerprint density at radius 3 is 2.88 bits per heavy atom. The third kappa shape index (κ3) is 3.78. The lowest BCUT2D eigenvalue weighted by Gasteiger charge is -2.34. The number of hydrogen-bond donors (Lipinski definition) is 1. The van der Waals surface area contributed by atoms with E-state index in [4.69, 9.17) is 0 Å². The van der Waals surface area contributed by atoms with Crippen LogP contribution in [0.4, 0.5) is 4.39 Å². The van der Waals surface area contributed by atoms with Gasteiger partial charge in [0.15, 0.2) is 0 Å². The van der Waals surface area contributed by atoms with E-state index in [1.54, 1.807) is 29.0 Å². The number of thiazole rings is 1. The molecule has 0 spiro atoms. The van der Waals surface area contributed by atoms with Crippen LogP contribution < -0.4 is 0 Å². The highest BCUT2D eigenvalue weighted by Gasteiger charge is 2.21. The molecule has 1 amide bonds. The van der Waals surface area contributed by atoms with Gasteiger partial charge in [-0.2, -0.15) is 0 Å². The van der Waals surface area contributed by atoms with Crippen molar-refractivity contribution in [3.8, 4) is 0 Å². The van der Waals surface area contributed by atoms with Crippen LogP contribution in [-0.2, 0) is 17.8 Å². The molecule has 0 radical (unpaired) electrons. The highest BCUT2D eigenvalue weighted by Crippen LogP contribution is 2.21. The van der Waals surface area contributed by atoms with Gasteiger partial charge in [0, 0.05) is 67.3 Å². The fourth-order valence-electron chi connectivity index (χ4n) is 3.43. The van der Waals surface area contributed by atoms with Gasteiger partial charge in [0.05, 0.1) is 5.51 Å². The Morgan fingerprint density at radius 1 is 1.27 bits per heavy atom. The highest BCUT2D eigenvalue weighted by molar-refractivity contribution is 7.09. The average molecular weight is 372 g/mol. The summed E-state index contributed by atoms with van der Waals surface area (Å²) in [6.07, 6.45) is 5.10. The molecule has 1 fully saturated rings.